The van der Waals surface area contributed by atoms with E-state index in [1.165, 1.54) is 6.92 Å². The highest BCUT2D eigenvalue weighted by molar-refractivity contribution is 9.10. The van der Waals surface area contributed by atoms with E-state index in [0.29, 0.717) is 0 Å². The van der Waals surface area contributed by atoms with Crippen molar-refractivity contribution in [1.29, 1.82) is 0 Å². The maximum Gasteiger partial charge on any atom is 0.409 e. The average molecular weight is 392 g/mol. The number of halogens is 1. The first-order chi connectivity index (χ1) is 11.5. The molecule has 0 bridgehead atoms. The van der Waals surface area contributed by atoms with E-state index in [1.807, 2.05) is 60.7 Å². The number of nitrogens with one attached hydrogen (secondary N) is 1. The van der Waals surface area contributed by atoms with Gasteiger partial charge in [0.25, 0.3) is 0 Å². The highest BCUT2D eigenvalue weighted by Gasteiger charge is 2.34. The molecule has 1 unspecified atom stereocenters. The molecule has 1 amide bonds. The molecular weight excluding hydrogens is 374 g/mol. The van der Waals surface area contributed by atoms with Crippen LogP contribution in [0.25, 0.3) is 0 Å². The van der Waals surface area contributed by atoms with Gasteiger partial charge in [0, 0.05) is 0 Å². The second kappa shape index (κ2) is 8.49. The van der Waals surface area contributed by atoms with Crippen LogP contribution in [0.3, 0.4) is 0 Å². The zero-order valence-corrected chi connectivity index (χ0v) is 14.8. The number of amides is 1. The van der Waals surface area contributed by atoms with Crippen molar-refractivity contribution >= 4 is 28.0 Å². The van der Waals surface area contributed by atoms with Crippen molar-refractivity contribution in [3.8, 4) is 0 Å². The van der Waals surface area contributed by atoms with Crippen molar-refractivity contribution < 1.29 is 19.1 Å². The quantitative estimate of drug-likeness (QED) is 0.462. The highest BCUT2D eigenvalue weighted by Crippen LogP contribution is 2.17. The molecule has 0 spiro atoms. The molecular formula is C18H18BrNO4. The molecule has 2 aromatic rings. The van der Waals surface area contributed by atoms with Gasteiger partial charge in [-0.1, -0.05) is 60.7 Å². The van der Waals surface area contributed by atoms with Crippen molar-refractivity contribution in [2.75, 3.05) is 0 Å². The fourth-order valence-corrected chi connectivity index (χ4v) is 2.14. The van der Waals surface area contributed by atoms with Gasteiger partial charge in [0.1, 0.15) is 13.2 Å². The molecule has 0 heterocycles. The zero-order valence-electron chi connectivity index (χ0n) is 13.2. The summed E-state index contributed by atoms with van der Waals surface area (Å²) < 4.78 is 8.92. The Labute approximate surface area is 149 Å². The number of carbonyl (C=O) groups is 2. The third kappa shape index (κ3) is 5.70. The monoisotopic (exact) mass is 391 g/mol. The number of ether oxygens (including phenoxy) is 2. The van der Waals surface area contributed by atoms with E-state index in [2.05, 4.69) is 21.2 Å². The van der Waals surface area contributed by atoms with Crippen molar-refractivity contribution in [1.82, 2.24) is 5.32 Å². The van der Waals surface area contributed by atoms with Crippen molar-refractivity contribution in [3.05, 3.63) is 71.8 Å². The van der Waals surface area contributed by atoms with Crippen LogP contribution in [0.5, 0.6) is 0 Å². The maximum absolute atomic E-state index is 12.1. The van der Waals surface area contributed by atoms with Gasteiger partial charge >= 0.3 is 12.1 Å². The highest BCUT2D eigenvalue weighted by atomic mass is 79.9. The van der Waals surface area contributed by atoms with Crippen LogP contribution in [-0.2, 0) is 27.5 Å². The molecule has 0 saturated heterocycles. The van der Waals surface area contributed by atoms with Gasteiger partial charge in [-0.05, 0) is 34.0 Å². The van der Waals surface area contributed by atoms with Crippen LogP contribution >= 0.6 is 15.9 Å². The van der Waals surface area contributed by atoms with E-state index in [-0.39, 0.29) is 13.2 Å². The van der Waals surface area contributed by atoms with Gasteiger partial charge in [0.2, 0.25) is 0 Å². The molecule has 5 nitrogen and oxygen atoms in total. The number of carbonyl (C=O) groups excluding carboxylic acids is 2. The maximum atomic E-state index is 12.1. The molecule has 6 heteroatoms. The minimum Gasteiger partial charge on any atom is -0.458 e. The summed E-state index contributed by atoms with van der Waals surface area (Å²) in [5.74, 6) is -0.608. The Morgan fingerprint density at radius 1 is 0.917 bits per heavy atom. The van der Waals surface area contributed by atoms with E-state index in [0.717, 1.165) is 11.1 Å². The number of hydrogen-bond donors (Lipinski definition) is 1. The summed E-state index contributed by atoms with van der Waals surface area (Å²) in [5, 5.41) is 2.44. The molecule has 0 saturated carbocycles. The average Bonchev–Trinajstić information content (AvgIpc) is 2.59. The van der Waals surface area contributed by atoms with Crippen LogP contribution in [0.2, 0.25) is 0 Å². The largest absolute Gasteiger partial charge is 0.458 e. The van der Waals surface area contributed by atoms with E-state index in [4.69, 9.17) is 9.47 Å². The van der Waals surface area contributed by atoms with Gasteiger partial charge < -0.3 is 9.47 Å². The predicted molar refractivity (Wildman–Crippen MR) is 93.3 cm³/mol. The summed E-state index contributed by atoms with van der Waals surface area (Å²) in [6.45, 7) is 1.74. The lowest BCUT2D eigenvalue weighted by molar-refractivity contribution is -0.148. The van der Waals surface area contributed by atoms with E-state index < -0.39 is 16.5 Å². The smallest absolute Gasteiger partial charge is 0.409 e. The molecule has 24 heavy (non-hydrogen) atoms. The lowest BCUT2D eigenvalue weighted by Crippen LogP contribution is -2.48. The number of esters is 1. The number of alkyl halides is 1. The molecule has 2 aromatic carbocycles. The van der Waals surface area contributed by atoms with Crippen LogP contribution in [0.15, 0.2) is 60.7 Å². The second-order valence-electron chi connectivity index (χ2n) is 5.25. The molecule has 126 valence electrons. The number of rotatable bonds is 6. The summed E-state index contributed by atoms with van der Waals surface area (Å²) >= 11 is 3.16. The minimum atomic E-state index is -1.37. The van der Waals surface area contributed by atoms with Crippen molar-refractivity contribution in [3.63, 3.8) is 0 Å². The molecule has 0 radical (unpaired) electrons. The molecule has 0 fully saturated rings. The third-order valence-corrected chi connectivity index (χ3v) is 3.67. The third-order valence-electron chi connectivity index (χ3n) is 3.15. The first-order valence-corrected chi connectivity index (χ1v) is 8.15. The van der Waals surface area contributed by atoms with Gasteiger partial charge in [-0.15, -0.1) is 0 Å². The molecule has 0 aliphatic heterocycles. The summed E-state index contributed by atoms with van der Waals surface area (Å²) in [4.78, 5) is 23.9. The molecule has 2 rings (SSSR count). The number of benzene rings is 2. The SMILES string of the molecule is CC(Br)(NC(=O)OCc1ccccc1)C(=O)OCc1ccccc1. The normalized spacial score (nSPS) is 12.8. The second-order valence-corrected chi connectivity index (χ2v) is 6.84. The Morgan fingerprint density at radius 3 is 1.88 bits per heavy atom. The van der Waals surface area contributed by atoms with Gasteiger partial charge in [0.05, 0.1) is 0 Å². The lowest BCUT2D eigenvalue weighted by atomic mass is 10.2. The summed E-state index contributed by atoms with van der Waals surface area (Å²) in [7, 11) is 0. The lowest BCUT2D eigenvalue weighted by Gasteiger charge is -2.21. The van der Waals surface area contributed by atoms with Crippen LogP contribution in [0.1, 0.15) is 18.1 Å². The standard InChI is InChI=1S/C18H18BrNO4/c1-18(19,16(21)23-12-14-8-4-2-5-9-14)20-17(22)24-13-15-10-6-3-7-11-15/h2-11H,12-13H2,1H3,(H,20,22). The summed E-state index contributed by atoms with van der Waals surface area (Å²) in [6.07, 6.45) is -0.713. The van der Waals surface area contributed by atoms with Crippen LogP contribution in [-0.4, -0.2) is 16.5 Å². The molecule has 1 N–H and O–H groups in total. The molecule has 0 aliphatic carbocycles. The Kier molecular flexibility index (Phi) is 6.37. The number of alkyl carbamates (subject to hydrolysis) is 1. The van der Waals surface area contributed by atoms with Gasteiger partial charge in [-0.25, -0.2) is 9.59 Å². The van der Waals surface area contributed by atoms with Gasteiger partial charge in [0.15, 0.2) is 4.45 Å². The van der Waals surface area contributed by atoms with Crippen molar-refractivity contribution in [2.24, 2.45) is 0 Å². The Bertz CT molecular complexity index is 674. The number of hydrogen-bond acceptors (Lipinski definition) is 4. The van der Waals surface area contributed by atoms with Crippen molar-refractivity contribution in [2.45, 2.75) is 24.6 Å². The van der Waals surface area contributed by atoms with Crippen LogP contribution in [0.4, 0.5) is 4.79 Å². The zero-order chi connectivity index (χ0) is 17.4. The first kappa shape index (κ1) is 18.0. The van der Waals surface area contributed by atoms with E-state index in [1.54, 1.807) is 0 Å². The topological polar surface area (TPSA) is 64.6 Å². The predicted octanol–water partition coefficient (Wildman–Crippen LogP) is 3.77. The van der Waals surface area contributed by atoms with Crippen LogP contribution < -0.4 is 5.32 Å². The Hall–Kier alpha value is -2.34. The Morgan fingerprint density at radius 2 is 1.38 bits per heavy atom. The minimum absolute atomic E-state index is 0.120. The van der Waals surface area contributed by atoms with E-state index >= 15 is 0 Å². The first-order valence-electron chi connectivity index (χ1n) is 7.36. The fourth-order valence-electron chi connectivity index (χ4n) is 1.86. The summed E-state index contributed by atoms with van der Waals surface area (Å²) in [6, 6.07) is 18.6. The summed E-state index contributed by atoms with van der Waals surface area (Å²) in [5.41, 5.74) is 1.72. The van der Waals surface area contributed by atoms with Gasteiger partial charge in [-0.2, -0.15) is 0 Å². The molecule has 0 aromatic heterocycles. The van der Waals surface area contributed by atoms with E-state index in [9.17, 15) is 9.59 Å². The molecule has 0 aliphatic rings. The van der Waals surface area contributed by atoms with Gasteiger partial charge in [-0.3, -0.25) is 5.32 Å². The fraction of sp³-hybridized carbons (Fsp3) is 0.222. The van der Waals surface area contributed by atoms with Crippen LogP contribution in [0, 0.1) is 0 Å². The Balaban J connectivity index is 1.80. The molecule has 1 atom stereocenters.